The Morgan fingerprint density at radius 2 is 1.64 bits per heavy atom. The number of nitrogens with zero attached hydrogens (tertiary/aromatic N) is 1. The van der Waals surface area contributed by atoms with Crippen LogP contribution in [0.2, 0.25) is 0 Å². The van der Waals surface area contributed by atoms with E-state index in [0.29, 0.717) is 40.0 Å². The summed E-state index contributed by atoms with van der Waals surface area (Å²) >= 11 is 0. The number of aromatic nitrogens is 1. The summed E-state index contributed by atoms with van der Waals surface area (Å²) in [5, 5.41) is 2.78. The molecule has 1 amide bonds. The fraction of sp³-hybridized carbons (Fsp3) is 0.200. The predicted molar refractivity (Wildman–Crippen MR) is 103 cm³/mol. The largest absolute Gasteiger partial charge is 0.497 e. The predicted octanol–water partition coefficient (Wildman–Crippen LogP) is 3.63. The molecule has 8 heteroatoms. The lowest BCUT2D eigenvalue weighted by Crippen LogP contribution is -2.14. The van der Waals surface area contributed by atoms with Crippen molar-refractivity contribution in [2.45, 2.75) is 0 Å². The topological polar surface area (TPSA) is 92.1 Å². The van der Waals surface area contributed by atoms with Crippen molar-refractivity contribution in [3.8, 4) is 34.3 Å². The van der Waals surface area contributed by atoms with Crippen LogP contribution in [0.4, 0.5) is 5.69 Å². The minimum Gasteiger partial charge on any atom is -0.497 e. The molecule has 0 radical (unpaired) electrons. The first-order valence-electron chi connectivity index (χ1n) is 8.30. The second-order valence-electron chi connectivity index (χ2n) is 5.62. The summed E-state index contributed by atoms with van der Waals surface area (Å²) in [5.41, 5.74) is 1.24. The molecule has 0 spiro atoms. The third-order valence-electron chi connectivity index (χ3n) is 4.09. The molecule has 8 nitrogen and oxygen atoms in total. The molecule has 0 aliphatic carbocycles. The van der Waals surface area contributed by atoms with Gasteiger partial charge in [0.25, 0.3) is 5.91 Å². The number of carbonyl (C=O) groups is 1. The van der Waals surface area contributed by atoms with Gasteiger partial charge in [-0.1, -0.05) is 0 Å². The fourth-order valence-electron chi connectivity index (χ4n) is 2.67. The maximum absolute atomic E-state index is 12.8. The first kappa shape index (κ1) is 19.1. The van der Waals surface area contributed by atoms with E-state index in [4.69, 9.17) is 23.4 Å². The Morgan fingerprint density at radius 3 is 2.32 bits per heavy atom. The molecule has 0 bridgehead atoms. The van der Waals surface area contributed by atoms with Gasteiger partial charge in [0.05, 0.1) is 34.1 Å². The van der Waals surface area contributed by atoms with Crippen LogP contribution < -0.4 is 24.3 Å². The first-order valence-corrected chi connectivity index (χ1v) is 8.30. The van der Waals surface area contributed by atoms with Gasteiger partial charge in [-0.2, -0.15) is 0 Å². The maximum Gasteiger partial charge on any atom is 0.278 e. The molecule has 0 aliphatic rings. The summed E-state index contributed by atoms with van der Waals surface area (Å²) in [4.78, 5) is 16.9. The monoisotopic (exact) mass is 384 g/mol. The maximum atomic E-state index is 12.8. The number of benzene rings is 2. The van der Waals surface area contributed by atoms with Gasteiger partial charge in [-0.25, -0.2) is 4.98 Å². The average Bonchev–Trinajstić information content (AvgIpc) is 3.23. The Morgan fingerprint density at radius 1 is 0.893 bits per heavy atom. The molecule has 2 aromatic carbocycles. The van der Waals surface area contributed by atoms with E-state index in [0.717, 1.165) is 0 Å². The molecule has 0 aliphatic heterocycles. The van der Waals surface area contributed by atoms with Crippen LogP contribution in [0.15, 0.2) is 47.2 Å². The number of methoxy groups -OCH3 is 4. The quantitative estimate of drug-likeness (QED) is 0.665. The molecular weight excluding hydrogens is 364 g/mol. The van der Waals surface area contributed by atoms with Crippen LogP contribution in [0.3, 0.4) is 0 Å². The number of anilines is 1. The van der Waals surface area contributed by atoms with Crippen molar-refractivity contribution in [1.29, 1.82) is 0 Å². The molecule has 3 aromatic rings. The molecule has 28 heavy (non-hydrogen) atoms. The Balaban J connectivity index is 1.91. The van der Waals surface area contributed by atoms with Crippen LogP contribution in [0.25, 0.3) is 11.3 Å². The van der Waals surface area contributed by atoms with Crippen LogP contribution in [0.1, 0.15) is 10.5 Å². The van der Waals surface area contributed by atoms with E-state index in [1.54, 1.807) is 50.6 Å². The summed E-state index contributed by atoms with van der Waals surface area (Å²) < 4.78 is 26.5. The van der Waals surface area contributed by atoms with E-state index in [2.05, 4.69) is 10.3 Å². The number of oxazole rings is 1. The van der Waals surface area contributed by atoms with Crippen molar-refractivity contribution >= 4 is 11.6 Å². The molecule has 1 heterocycles. The minimum atomic E-state index is -0.443. The second kappa shape index (κ2) is 8.34. The molecule has 0 fully saturated rings. The lowest BCUT2D eigenvalue weighted by molar-refractivity contribution is 0.102. The normalized spacial score (nSPS) is 10.3. The van der Waals surface area contributed by atoms with Crippen molar-refractivity contribution in [1.82, 2.24) is 4.98 Å². The van der Waals surface area contributed by atoms with Gasteiger partial charge in [-0.3, -0.25) is 4.79 Å². The number of amides is 1. The van der Waals surface area contributed by atoms with Crippen molar-refractivity contribution in [3.63, 3.8) is 0 Å². The molecule has 146 valence electrons. The zero-order chi connectivity index (χ0) is 20.1. The number of nitrogens with one attached hydrogen (secondary N) is 1. The summed E-state index contributed by atoms with van der Waals surface area (Å²) in [6, 6.07) is 10.3. The SMILES string of the molecule is COc1ccc(NC(=O)c2ncoc2-c2ccc(OC)c(OC)c2)c(OC)c1. The van der Waals surface area contributed by atoms with Crippen molar-refractivity contribution in [2.75, 3.05) is 33.8 Å². The molecule has 1 N–H and O–H groups in total. The van der Waals surface area contributed by atoms with Gasteiger partial charge < -0.3 is 28.7 Å². The zero-order valence-corrected chi connectivity index (χ0v) is 15.9. The van der Waals surface area contributed by atoms with Crippen molar-refractivity contribution < 1.29 is 28.2 Å². The molecular formula is C20H20N2O6. The molecule has 0 atom stereocenters. The van der Waals surface area contributed by atoms with Gasteiger partial charge in [0, 0.05) is 11.6 Å². The average molecular weight is 384 g/mol. The highest BCUT2D eigenvalue weighted by Crippen LogP contribution is 2.34. The van der Waals surface area contributed by atoms with E-state index in [-0.39, 0.29) is 5.69 Å². The highest BCUT2D eigenvalue weighted by molar-refractivity contribution is 6.07. The minimum absolute atomic E-state index is 0.130. The summed E-state index contributed by atoms with van der Waals surface area (Å²) in [7, 11) is 6.14. The molecule has 0 unspecified atom stereocenters. The highest BCUT2D eigenvalue weighted by atomic mass is 16.5. The van der Waals surface area contributed by atoms with Crippen LogP contribution >= 0.6 is 0 Å². The van der Waals surface area contributed by atoms with E-state index in [9.17, 15) is 4.79 Å². The first-order chi connectivity index (χ1) is 13.6. The van der Waals surface area contributed by atoms with Crippen molar-refractivity contribution in [2.24, 2.45) is 0 Å². The van der Waals surface area contributed by atoms with Crippen molar-refractivity contribution in [3.05, 3.63) is 48.5 Å². The van der Waals surface area contributed by atoms with Crippen LogP contribution in [-0.4, -0.2) is 39.3 Å². The number of hydrogen-bond acceptors (Lipinski definition) is 7. The van der Waals surface area contributed by atoms with Gasteiger partial charge in [0.15, 0.2) is 29.3 Å². The molecule has 1 aromatic heterocycles. The summed E-state index contributed by atoms with van der Waals surface area (Å²) in [5.74, 6) is 2.03. The third kappa shape index (κ3) is 3.71. The van der Waals surface area contributed by atoms with Gasteiger partial charge in [-0.15, -0.1) is 0 Å². The smallest absolute Gasteiger partial charge is 0.278 e. The van der Waals surface area contributed by atoms with Gasteiger partial charge in [0.1, 0.15) is 11.5 Å². The Hall–Kier alpha value is -3.68. The fourth-order valence-corrected chi connectivity index (χ4v) is 2.67. The lowest BCUT2D eigenvalue weighted by Gasteiger charge is -2.11. The van der Waals surface area contributed by atoms with Crippen LogP contribution in [-0.2, 0) is 0 Å². The van der Waals surface area contributed by atoms with E-state index in [1.807, 2.05) is 0 Å². The Bertz CT molecular complexity index is 983. The van der Waals surface area contributed by atoms with Gasteiger partial charge in [-0.05, 0) is 30.3 Å². The van der Waals surface area contributed by atoms with Gasteiger partial charge >= 0.3 is 0 Å². The standard InChI is InChI=1S/C20H20N2O6/c1-24-13-6-7-14(16(10-13)26-3)22-20(23)18-19(28-11-21-18)12-5-8-15(25-2)17(9-12)27-4/h5-11H,1-4H3,(H,22,23). The van der Waals surface area contributed by atoms with Gasteiger partial charge in [0.2, 0.25) is 0 Å². The second-order valence-corrected chi connectivity index (χ2v) is 5.62. The lowest BCUT2D eigenvalue weighted by atomic mass is 10.1. The third-order valence-corrected chi connectivity index (χ3v) is 4.09. The number of ether oxygens (including phenoxy) is 4. The number of hydrogen-bond donors (Lipinski definition) is 1. The number of carbonyl (C=O) groups excluding carboxylic acids is 1. The molecule has 0 saturated carbocycles. The summed E-state index contributed by atoms with van der Waals surface area (Å²) in [6.07, 6.45) is 1.21. The van der Waals surface area contributed by atoms with Crippen LogP contribution in [0, 0.1) is 0 Å². The van der Waals surface area contributed by atoms with E-state index >= 15 is 0 Å². The molecule has 0 saturated heterocycles. The zero-order valence-electron chi connectivity index (χ0n) is 15.9. The van der Waals surface area contributed by atoms with E-state index in [1.165, 1.54) is 20.6 Å². The highest BCUT2D eigenvalue weighted by Gasteiger charge is 2.21. The summed E-state index contributed by atoms with van der Waals surface area (Å²) in [6.45, 7) is 0. The van der Waals surface area contributed by atoms with Crippen LogP contribution in [0.5, 0.6) is 23.0 Å². The van der Waals surface area contributed by atoms with E-state index < -0.39 is 5.91 Å². The molecule has 3 rings (SSSR count). The number of rotatable bonds is 7. The Kier molecular flexibility index (Phi) is 5.69. The Labute approximate surface area is 162 Å².